The Morgan fingerprint density at radius 2 is 1.90 bits per heavy atom. The Morgan fingerprint density at radius 1 is 1.15 bits per heavy atom. The smallest absolute Gasteiger partial charge is 0.0641 e. The highest BCUT2D eigenvalue weighted by atomic mass is 35.5. The Labute approximate surface area is 125 Å². The Morgan fingerprint density at radius 3 is 2.55 bits per heavy atom. The van der Waals surface area contributed by atoms with Gasteiger partial charge in [0.15, 0.2) is 0 Å². The van der Waals surface area contributed by atoms with Crippen molar-refractivity contribution in [1.82, 2.24) is 4.90 Å². The van der Waals surface area contributed by atoms with E-state index in [1.807, 2.05) is 43.4 Å². The summed E-state index contributed by atoms with van der Waals surface area (Å²) in [6.07, 6.45) is 0.473. The summed E-state index contributed by atoms with van der Waals surface area (Å²) in [6, 6.07) is 20.3. The Bertz CT molecular complexity index is 589. The summed E-state index contributed by atoms with van der Waals surface area (Å²) in [7, 11) is 2.04. The van der Waals surface area contributed by atoms with Crippen LogP contribution in [-0.4, -0.2) is 11.9 Å². The highest BCUT2D eigenvalue weighted by molar-refractivity contribution is 6.30. The SMILES string of the molecule is CN(Cc1cccc(Cl)c1)C(CC#N)c1ccccc1. The predicted molar refractivity (Wildman–Crippen MR) is 82.3 cm³/mol. The summed E-state index contributed by atoms with van der Waals surface area (Å²) < 4.78 is 0. The van der Waals surface area contributed by atoms with Gasteiger partial charge in [0.05, 0.1) is 12.5 Å². The molecule has 3 heteroatoms. The average Bonchev–Trinajstić information content (AvgIpc) is 2.45. The first kappa shape index (κ1) is 14.6. The molecule has 1 atom stereocenters. The van der Waals surface area contributed by atoms with Crippen LogP contribution < -0.4 is 0 Å². The second kappa shape index (κ2) is 7.09. The van der Waals surface area contributed by atoms with Gasteiger partial charge >= 0.3 is 0 Å². The van der Waals surface area contributed by atoms with Gasteiger partial charge in [-0.15, -0.1) is 0 Å². The van der Waals surface area contributed by atoms with Crippen LogP contribution in [0.4, 0.5) is 0 Å². The van der Waals surface area contributed by atoms with Crippen LogP contribution in [0, 0.1) is 11.3 Å². The molecule has 0 aliphatic carbocycles. The lowest BCUT2D eigenvalue weighted by molar-refractivity contribution is 0.239. The zero-order valence-corrected chi connectivity index (χ0v) is 12.2. The fraction of sp³-hybridized carbons (Fsp3) is 0.235. The van der Waals surface area contributed by atoms with Crippen molar-refractivity contribution in [3.05, 3.63) is 70.7 Å². The highest BCUT2D eigenvalue weighted by Crippen LogP contribution is 2.24. The molecule has 1 unspecified atom stereocenters. The number of nitriles is 1. The molecule has 0 N–H and O–H groups in total. The van der Waals surface area contributed by atoms with E-state index in [1.54, 1.807) is 0 Å². The Balaban J connectivity index is 2.16. The Kier molecular flexibility index (Phi) is 5.17. The first-order valence-corrected chi connectivity index (χ1v) is 6.95. The topological polar surface area (TPSA) is 27.0 Å². The first-order valence-electron chi connectivity index (χ1n) is 6.57. The number of nitrogens with zero attached hydrogens (tertiary/aromatic N) is 2. The van der Waals surface area contributed by atoms with Crippen LogP contribution in [-0.2, 0) is 6.54 Å². The lowest BCUT2D eigenvalue weighted by Gasteiger charge is -2.26. The summed E-state index contributed by atoms with van der Waals surface area (Å²) in [6.45, 7) is 0.766. The minimum atomic E-state index is 0.0974. The number of hydrogen-bond acceptors (Lipinski definition) is 2. The Hall–Kier alpha value is -1.82. The van der Waals surface area contributed by atoms with Crippen molar-refractivity contribution in [2.75, 3.05) is 7.05 Å². The van der Waals surface area contributed by atoms with Gasteiger partial charge < -0.3 is 0 Å². The molecule has 0 aliphatic rings. The van der Waals surface area contributed by atoms with Crippen LogP contribution in [0.2, 0.25) is 5.02 Å². The first-order chi connectivity index (χ1) is 9.70. The normalized spacial score (nSPS) is 12.1. The molecular weight excluding hydrogens is 268 g/mol. The molecule has 2 nitrogen and oxygen atoms in total. The summed E-state index contributed by atoms with van der Waals surface area (Å²) in [4.78, 5) is 2.18. The van der Waals surface area contributed by atoms with Crippen LogP contribution in [0.5, 0.6) is 0 Å². The third-order valence-electron chi connectivity index (χ3n) is 3.32. The summed E-state index contributed by atoms with van der Waals surface area (Å²) in [5.41, 5.74) is 2.32. The third-order valence-corrected chi connectivity index (χ3v) is 3.56. The van der Waals surface area contributed by atoms with Crippen molar-refractivity contribution in [2.45, 2.75) is 19.0 Å². The molecule has 0 saturated heterocycles. The van der Waals surface area contributed by atoms with E-state index in [0.717, 1.165) is 17.1 Å². The quantitative estimate of drug-likeness (QED) is 0.812. The molecule has 0 saturated carbocycles. The molecule has 102 valence electrons. The van der Waals surface area contributed by atoms with Gasteiger partial charge in [0, 0.05) is 17.6 Å². The second-order valence-electron chi connectivity index (χ2n) is 4.83. The molecule has 2 aromatic rings. The molecular formula is C17H17ClN2. The van der Waals surface area contributed by atoms with E-state index in [2.05, 4.69) is 29.2 Å². The van der Waals surface area contributed by atoms with Gasteiger partial charge in [-0.2, -0.15) is 5.26 Å². The fourth-order valence-electron chi connectivity index (χ4n) is 2.32. The van der Waals surface area contributed by atoms with E-state index in [4.69, 9.17) is 16.9 Å². The lowest BCUT2D eigenvalue weighted by atomic mass is 10.0. The van der Waals surface area contributed by atoms with Gasteiger partial charge in [-0.05, 0) is 30.3 Å². The van der Waals surface area contributed by atoms with Gasteiger partial charge in [0.25, 0.3) is 0 Å². The third kappa shape index (κ3) is 3.84. The van der Waals surface area contributed by atoms with Crippen molar-refractivity contribution in [3.8, 4) is 6.07 Å². The van der Waals surface area contributed by atoms with E-state index < -0.39 is 0 Å². The van der Waals surface area contributed by atoms with Gasteiger partial charge in [-0.3, -0.25) is 4.90 Å². The van der Waals surface area contributed by atoms with Crippen LogP contribution >= 0.6 is 11.6 Å². The highest BCUT2D eigenvalue weighted by Gasteiger charge is 2.16. The van der Waals surface area contributed by atoms with E-state index >= 15 is 0 Å². The number of hydrogen-bond donors (Lipinski definition) is 0. The number of rotatable bonds is 5. The monoisotopic (exact) mass is 284 g/mol. The minimum absolute atomic E-state index is 0.0974. The average molecular weight is 285 g/mol. The summed E-state index contributed by atoms with van der Waals surface area (Å²) >= 11 is 6.02. The molecule has 0 radical (unpaired) electrons. The van der Waals surface area contributed by atoms with E-state index in [0.29, 0.717) is 6.42 Å². The molecule has 0 fully saturated rings. The van der Waals surface area contributed by atoms with Crippen LogP contribution in [0.3, 0.4) is 0 Å². The lowest BCUT2D eigenvalue weighted by Crippen LogP contribution is -2.24. The van der Waals surface area contributed by atoms with Crippen LogP contribution in [0.1, 0.15) is 23.6 Å². The van der Waals surface area contributed by atoms with Crippen molar-refractivity contribution in [2.24, 2.45) is 0 Å². The van der Waals surface area contributed by atoms with Crippen molar-refractivity contribution < 1.29 is 0 Å². The zero-order chi connectivity index (χ0) is 14.4. The van der Waals surface area contributed by atoms with E-state index in [-0.39, 0.29) is 6.04 Å². The second-order valence-corrected chi connectivity index (χ2v) is 5.27. The number of benzene rings is 2. The molecule has 0 bridgehead atoms. The zero-order valence-electron chi connectivity index (χ0n) is 11.5. The summed E-state index contributed by atoms with van der Waals surface area (Å²) in [5.74, 6) is 0. The van der Waals surface area contributed by atoms with Crippen LogP contribution in [0.25, 0.3) is 0 Å². The van der Waals surface area contributed by atoms with E-state index in [1.165, 1.54) is 5.56 Å². The standard InChI is InChI=1S/C17H17ClN2/c1-20(13-14-6-5-9-16(18)12-14)17(10-11-19)15-7-3-2-4-8-15/h2-9,12,17H,10,13H2,1H3. The minimum Gasteiger partial charge on any atom is -0.294 e. The van der Waals surface area contributed by atoms with Gasteiger partial charge in [0.1, 0.15) is 0 Å². The maximum Gasteiger partial charge on any atom is 0.0641 e. The maximum absolute atomic E-state index is 9.06. The predicted octanol–water partition coefficient (Wildman–Crippen LogP) is 4.43. The fourth-order valence-corrected chi connectivity index (χ4v) is 2.54. The molecule has 20 heavy (non-hydrogen) atoms. The molecule has 0 spiro atoms. The van der Waals surface area contributed by atoms with Gasteiger partial charge in [0.2, 0.25) is 0 Å². The number of halogens is 1. The van der Waals surface area contributed by atoms with Gasteiger partial charge in [-0.1, -0.05) is 54.1 Å². The molecule has 0 aliphatic heterocycles. The van der Waals surface area contributed by atoms with Crippen molar-refractivity contribution in [3.63, 3.8) is 0 Å². The molecule has 0 heterocycles. The summed E-state index contributed by atoms with van der Waals surface area (Å²) in [5, 5.41) is 9.80. The molecule has 2 aromatic carbocycles. The van der Waals surface area contributed by atoms with Crippen molar-refractivity contribution in [1.29, 1.82) is 5.26 Å². The van der Waals surface area contributed by atoms with Gasteiger partial charge in [-0.25, -0.2) is 0 Å². The van der Waals surface area contributed by atoms with Crippen molar-refractivity contribution >= 4 is 11.6 Å². The van der Waals surface area contributed by atoms with Crippen LogP contribution in [0.15, 0.2) is 54.6 Å². The van der Waals surface area contributed by atoms with E-state index in [9.17, 15) is 0 Å². The molecule has 0 aromatic heterocycles. The molecule has 2 rings (SSSR count). The largest absolute Gasteiger partial charge is 0.294 e. The maximum atomic E-state index is 9.06. The molecule has 0 amide bonds.